The van der Waals surface area contributed by atoms with E-state index >= 15 is 0 Å². The van der Waals surface area contributed by atoms with E-state index in [9.17, 15) is 24.3 Å². The molecule has 0 saturated carbocycles. The molecule has 48 heavy (non-hydrogen) atoms. The molecule has 1 N–H and O–H groups in total. The van der Waals surface area contributed by atoms with Crippen molar-refractivity contribution in [1.29, 1.82) is 0 Å². The second-order valence-electron chi connectivity index (χ2n) is 14.1. The third kappa shape index (κ3) is 5.89. The third-order valence-electron chi connectivity index (χ3n) is 9.38. The van der Waals surface area contributed by atoms with Crippen LogP contribution < -0.4 is 10.3 Å². The topological polar surface area (TPSA) is 144 Å². The summed E-state index contributed by atoms with van der Waals surface area (Å²) in [5, 5.41) is 12.0. The highest BCUT2D eigenvalue weighted by molar-refractivity contribution is 5.90. The number of benzene rings is 1. The first kappa shape index (κ1) is 33.4. The molecule has 3 aliphatic heterocycles. The van der Waals surface area contributed by atoms with Crippen molar-refractivity contribution in [1.82, 2.24) is 24.3 Å². The van der Waals surface area contributed by atoms with E-state index in [-0.39, 0.29) is 48.4 Å². The third-order valence-corrected chi connectivity index (χ3v) is 9.38. The number of hydrogen-bond donors (Lipinski definition) is 1. The minimum atomic E-state index is -1.90. The lowest BCUT2D eigenvalue weighted by Gasteiger charge is -2.36. The number of piperidine rings is 1. The van der Waals surface area contributed by atoms with Crippen LogP contribution in [0.5, 0.6) is 5.75 Å². The second kappa shape index (κ2) is 12.2. The van der Waals surface area contributed by atoms with Crippen LogP contribution in [0.25, 0.3) is 22.3 Å². The van der Waals surface area contributed by atoms with Crippen LogP contribution in [0.2, 0.25) is 0 Å². The quantitative estimate of drug-likeness (QED) is 0.312. The van der Waals surface area contributed by atoms with Crippen molar-refractivity contribution >= 4 is 29.1 Å². The standard InChI is InChI=1S/C35H43N5O8/c1-8-35(45)25-16-27-29-20(17-40(27)30(41)24(25)19-46-31(35)42)15-22-23(18-37(5)6)28(10-9-26(22)36-29)47-33(44)39-13-11-21(12-14-39)38(7)32(43)48-34(2,3)4/h9-10,15-16,21,45H,8,11-14,17-19H2,1-7H3. The molecule has 3 aromatic rings. The molecule has 1 atom stereocenters. The van der Waals surface area contributed by atoms with Gasteiger partial charge in [0.25, 0.3) is 5.56 Å². The fourth-order valence-corrected chi connectivity index (χ4v) is 6.74. The van der Waals surface area contributed by atoms with Gasteiger partial charge in [-0.25, -0.2) is 19.4 Å². The Bertz CT molecular complexity index is 1870. The number of esters is 1. The molecule has 5 heterocycles. The average Bonchev–Trinajstić information content (AvgIpc) is 3.39. The molecule has 6 rings (SSSR count). The van der Waals surface area contributed by atoms with Gasteiger partial charge in [-0.15, -0.1) is 0 Å². The Balaban J connectivity index is 1.27. The summed E-state index contributed by atoms with van der Waals surface area (Å²) >= 11 is 0. The fraction of sp³-hybridized carbons (Fsp3) is 0.514. The van der Waals surface area contributed by atoms with E-state index in [0.29, 0.717) is 55.1 Å². The minimum Gasteiger partial charge on any atom is -0.458 e. The predicted molar refractivity (Wildman–Crippen MR) is 177 cm³/mol. The Morgan fingerprint density at radius 3 is 2.48 bits per heavy atom. The van der Waals surface area contributed by atoms with Crippen molar-refractivity contribution in [3.8, 4) is 17.1 Å². The zero-order valence-electron chi connectivity index (χ0n) is 28.6. The van der Waals surface area contributed by atoms with Crippen molar-refractivity contribution in [3.63, 3.8) is 0 Å². The summed E-state index contributed by atoms with van der Waals surface area (Å²) in [4.78, 5) is 62.3. The fourth-order valence-electron chi connectivity index (χ4n) is 6.74. The van der Waals surface area contributed by atoms with Crippen LogP contribution in [0, 0.1) is 0 Å². The van der Waals surface area contributed by atoms with Gasteiger partial charge >= 0.3 is 18.2 Å². The molecule has 1 aromatic carbocycles. The summed E-state index contributed by atoms with van der Waals surface area (Å²) in [5.74, 6) is -0.345. The first-order valence-electron chi connectivity index (χ1n) is 16.3. The van der Waals surface area contributed by atoms with E-state index in [4.69, 9.17) is 19.2 Å². The molecule has 2 aromatic heterocycles. The van der Waals surface area contributed by atoms with E-state index in [1.165, 1.54) is 0 Å². The number of rotatable bonds is 5. The molecule has 3 aliphatic rings. The van der Waals surface area contributed by atoms with Gasteiger partial charge in [0.2, 0.25) is 0 Å². The monoisotopic (exact) mass is 661 g/mol. The maximum absolute atomic E-state index is 13.6. The molecule has 2 amide bonds. The van der Waals surface area contributed by atoms with Gasteiger partial charge in [0.15, 0.2) is 5.60 Å². The number of hydrogen-bond acceptors (Lipinski definition) is 10. The SMILES string of the molecule is CCC1(O)C(=O)OCc2c1cc1n(c2=O)Cc2cc3c(CN(C)C)c(OC(=O)N4CCC(N(C)C(=O)OC(C)(C)C)CC4)ccc3nc2-1. The number of fused-ring (bicyclic) bond motifs is 5. The molecule has 13 heteroatoms. The van der Waals surface area contributed by atoms with Gasteiger partial charge < -0.3 is 38.6 Å². The molecule has 1 unspecified atom stereocenters. The van der Waals surface area contributed by atoms with Crippen LogP contribution in [0.15, 0.2) is 29.1 Å². The molecular formula is C35H43N5O8. The molecule has 13 nitrogen and oxygen atoms in total. The number of nitrogens with zero attached hydrogens (tertiary/aromatic N) is 5. The molecule has 1 fully saturated rings. The first-order valence-corrected chi connectivity index (χ1v) is 16.3. The lowest BCUT2D eigenvalue weighted by atomic mass is 9.86. The van der Waals surface area contributed by atoms with Gasteiger partial charge in [0.1, 0.15) is 18.0 Å². The summed E-state index contributed by atoms with van der Waals surface area (Å²) in [6.45, 7) is 8.56. The highest BCUT2D eigenvalue weighted by Gasteiger charge is 2.45. The molecule has 0 radical (unpaired) electrons. The Morgan fingerprint density at radius 2 is 1.83 bits per heavy atom. The van der Waals surface area contributed by atoms with E-state index in [2.05, 4.69) is 0 Å². The molecule has 0 aliphatic carbocycles. The molecule has 1 saturated heterocycles. The lowest BCUT2D eigenvalue weighted by molar-refractivity contribution is -0.172. The van der Waals surface area contributed by atoms with Crippen molar-refractivity contribution < 1.29 is 33.7 Å². The van der Waals surface area contributed by atoms with E-state index in [0.717, 1.165) is 16.5 Å². The van der Waals surface area contributed by atoms with Crippen LogP contribution in [0.4, 0.5) is 9.59 Å². The lowest BCUT2D eigenvalue weighted by Crippen LogP contribution is -2.49. The minimum absolute atomic E-state index is 0.0481. The molecular weight excluding hydrogens is 618 g/mol. The van der Waals surface area contributed by atoms with E-state index in [1.807, 2.05) is 45.8 Å². The van der Waals surface area contributed by atoms with Gasteiger partial charge in [0.05, 0.1) is 29.0 Å². The van der Waals surface area contributed by atoms with Crippen molar-refractivity contribution in [2.75, 3.05) is 34.2 Å². The number of carbonyl (C=O) groups excluding carboxylic acids is 3. The molecule has 256 valence electrons. The molecule has 0 bridgehead atoms. The number of carbonyl (C=O) groups is 3. The zero-order chi connectivity index (χ0) is 34.7. The summed E-state index contributed by atoms with van der Waals surface area (Å²) in [5.41, 5.74) is 1.08. The highest BCUT2D eigenvalue weighted by atomic mass is 16.6. The van der Waals surface area contributed by atoms with Gasteiger partial charge in [-0.05, 0) is 78.4 Å². The predicted octanol–water partition coefficient (Wildman–Crippen LogP) is 3.97. The maximum atomic E-state index is 13.6. The maximum Gasteiger partial charge on any atom is 0.415 e. The van der Waals surface area contributed by atoms with Crippen molar-refractivity contribution in [2.45, 2.75) is 83.9 Å². The normalized spacial score (nSPS) is 19.1. The summed E-state index contributed by atoms with van der Waals surface area (Å²) < 4.78 is 18.3. The van der Waals surface area contributed by atoms with Gasteiger partial charge in [-0.1, -0.05) is 6.92 Å². The number of likely N-dealkylation sites (tertiary alicyclic amines) is 1. The summed E-state index contributed by atoms with van der Waals surface area (Å²) in [6.07, 6.45) is 0.417. The number of aromatic nitrogens is 2. The van der Waals surface area contributed by atoms with Gasteiger partial charge in [0, 0.05) is 54.8 Å². The average molecular weight is 662 g/mol. The van der Waals surface area contributed by atoms with Crippen LogP contribution in [0.1, 0.15) is 69.2 Å². The van der Waals surface area contributed by atoms with Crippen LogP contribution >= 0.6 is 0 Å². The van der Waals surface area contributed by atoms with E-state index in [1.54, 1.807) is 46.5 Å². The first-order chi connectivity index (χ1) is 22.6. The Hall–Kier alpha value is -4.49. The van der Waals surface area contributed by atoms with Gasteiger partial charge in [-0.2, -0.15) is 0 Å². The smallest absolute Gasteiger partial charge is 0.415 e. The van der Waals surface area contributed by atoms with Crippen molar-refractivity contribution in [2.24, 2.45) is 0 Å². The number of amides is 2. The summed E-state index contributed by atoms with van der Waals surface area (Å²) in [6, 6.07) is 7.15. The Labute approximate surface area is 279 Å². The number of aliphatic hydroxyl groups is 1. The molecule has 0 spiro atoms. The van der Waals surface area contributed by atoms with Crippen molar-refractivity contribution in [3.05, 3.63) is 56.9 Å². The number of pyridine rings is 2. The second-order valence-corrected chi connectivity index (χ2v) is 14.1. The Morgan fingerprint density at radius 1 is 1.12 bits per heavy atom. The van der Waals surface area contributed by atoms with E-state index < -0.39 is 23.3 Å². The van der Waals surface area contributed by atoms with Crippen LogP contribution in [-0.4, -0.2) is 93.4 Å². The number of ether oxygens (including phenoxy) is 3. The summed E-state index contributed by atoms with van der Waals surface area (Å²) in [7, 11) is 5.58. The zero-order valence-corrected chi connectivity index (χ0v) is 28.6. The van der Waals surface area contributed by atoms with Gasteiger partial charge in [-0.3, -0.25) is 4.79 Å². The van der Waals surface area contributed by atoms with Crippen LogP contribution in [-0.2, 0) is 39.6 Å². The highest BCUT2D eigenvalue weighted by Crippen LogP contribution is 2.40. The Kier molecular flexibility index (Phi) is 8.49. The largest absolute Gasteiger partial charge is 0.458 e. The van der Waals surface area contributed by atoms with Crippen LogP contribution in [0.3, 0.4) is 0 Å². The number of cyclic esters (lactones) is 1.